The van der Waals surface area contributed by atoms with Crippen LogP contribution in [0.2, 0.25) is 0 Å². The Morgan fingerprint density at radius 3 is 2.89 bits per heavy atom. The predicted molar refractivity (Wildman–Crippen MR) is 77.1 cm³/mol. The van der Waals surface area contributed by atoms with Crippen LogP contribution in [0.3, 0.4) is 0 Å². The number of aromatic nitrogens is 2. The minimum atomic E-state index is -0.569. The molecule has 0 aromatic carbocycles. The Morgan fingerprint density at radius 2 is 2.16 bits per heavy atom. The molecule has 0 saturated carbocycles. The molecular weight excluding hydrogens is 238 g/mol. The topological polar surface area (TPSA) is 41.3 Å². The Kier molecular flexibility index (Phi) is 4.99. The molecule has 4 heteroatoms. The number of rotatable bonds is 5. The second-order valence-electron chi connectivity index (χ2n) is 5.73. The third-order valence-electron chi connectivity index (χ3n) is 4.21. The van der Waals surface area contributed by atoms with Gasteiger partial charge in [-0.1, -0.05) is 13.8 Å². The molecule has 1 saturated heterocycles. The zero-order valence-corrected chi connectivity index (χ0v) is 12.3. The summed E-state index contributed by atoms with van der Waals surface area (Å²) in [4.78, 5) is 6.86. The van der Waals surface area contributed by atoms with E-state index < -0.39 is 5.60 Å². The molecule has 0 radical (unpaired) electrons. The molecule has 1 aliphatic rings. The minimum absolute atomic E-state index is 0.569. The highest BCUT2D eigenvalue weighted by Gasteiger charge is 2.31. The van der Waals surface area contributed by atoms with Crippen LogP contribution < -0.4 is 0 Å². The zero-order valence-electron chi connectivity index (χ0n) is 12.3. The average Bonchev–Trinajstić information content (AvgIpc) is 2.72. The first kappa shape index (κ1) is 14.5. The molecule has 1 atom stereocenters. The summed E-state index contributed by atoms with van der Waals surface area (Å²) in [5.41, 5.74) is -0.569. The Bertz CT molecular complexity index is 390. The first-order chi connectivity index (χ1) is 9.17. The third-order valence-corrected chi connectivity index (χ3v) is 4.21. The molecule has 0 spiro atoms. The second-order valence-corrected chi connectivity index (χ2v) is 5.73. The molecule has 4 nitrogen and oxygen atoms in total. The van der Waals surface area contributed by atoms with E-state index in [1.807, 2.05) is 12.4 Å². The van der Waals surface area contributed by atoms with Gasteiger partial charge in [-0.25, -0.2) is 4.98 Å². The fourth-order valence-corrected chi connectivity index (χ4v) is 2.97. The summed E-state index contributed by atoms with van der Waals surface area (Å²) in [7, 11) is 0. The maximum absolute atomic E-state index is 10.8. The molecule has 0 bridgehead atoms. The number of imidazole rings is 1. The van der Waals surface area contributed by atoms with Gasteiger partial charge >= 0.3 is 0 Å². The van der Waals surface area contributed by atoms with Gasteiger partial charge in [-0.3, -0.25) is 0 Å². The lowest BCUT2D eigenvalue weighted by Gasteiger charge is -2.26. The van der Waals surface area contributed by atoms with E-state index in [4.69, 9.17) is 0 Å². The third kappa shape index (κ3) is 3.80. The van der Waals surface area contributed by atoms with Crippen LogP contribution in [0.4, 0.5) is 0 Å². The van der Waals surface area contributed by atoms with E-state index in [-0.39, 0.29) is 0 Å². The van der Waals surface area contributed by atoms with Crippen LogP contribution in [0.15, 0.2) is 12.4 Å². The largest absolute Gasteiger partial charge is 0.389 e. The highest BCUT2D eigenvalue weighted by Crippen LogP contribution is 2.26. The predicted octanol–water partition coefficient (Wildman–Crippen LogP) is 2.07. The van der Waals surface area contributed by atoms with Crippen molar-refractivity contribution in [1.29, 1.82) is 0 Å². The molecular formula is C15H27N3O. The van der Waals surface area contributed by atoms with Gasteiger partial charge in [0.2, 0.25) is 0 Å². The van der Waals surface area contributed by atoms with Crippen LogP contribution in [0.5, 0.6) is 0 Å². The number of aryl methyl sites for hydroxylation is 1. The van der Waals surface area contributed by atoms with Crippen LogP contribution in [-0.2, 0) is 13.0 Å². The standard InChI is InChI=1S/C15H27N3O/c1-3-9-18-12-8-16-14(18)13-15(19)6-5-10-17(4-2)11-7-15/h8,12,19H,3-7,9-11,13H2,1-2H3. The van der Waals surface area contributed by atoms with E-state index >= 15 is 0 Å². The molecule has 0 aliphatic carbocycles. The van der Waals surface area contributed by atoms with Crippen molar-refractivity contribution in [2.24, 2.45) is 0 Å². The van der Waals surface area contributed by atoms with Gasteiger partial charge in [0.25, 0.3) is 0 Å². The van der Waals surface area contributed by atoms with E-state index in [0.29, 0.717) is 6.42 Å². The molecule has 19 heavy (non-hydrogen) atoms. The van der Waals surface area contributed by atoms with Gasteiger partial charge in [0.05, 0.1) is 5.60 Å². The van der Waals surface area contributed by atoms with Crippen molar-refractivity contribution in [3.05, 3.63) is 18.2 Å². The van der Waals surface area contributed by atoms with Crippen molar-refractivity contribution in [2.45, 2.75) is 58.1 Å². The number of likely N-dealkylation sites (tertiary alicyclic amines) is 1. The van der Waals surface area contributed by atoms with Crippen molar-refractivity contribution < 1.29 is 5.11 Å². The fourth-order valence-electron chi connectivity index (χ4n) is 2.97. The summed E-state index contributed by atoms with van der Waals surface area (Å²) in [5, 5.41) is 10.8. The van der Waals surface area contributed by atoms with Gasteiger partial charge in [0, 0.05) is 31.9 Å². The molecule has 1 aromatic rings. The van der Waals surface area contributed by atoms with E-state index in [0.717, 1.165) is 57.7 Å². The van der Waals surface area contributed by atoms with Crippen molar-refractivity contribution in [3.8, 4) is 0 Å². The summed E-state index contributed by atoms with van der Waals surface area (Å²) in [6, 6.07) is 0. The second kappa shape index (κ2) is 6.53. The molecule has 108 valence electrons. The first-order valence-electron chi connectivity index (χ1n) is 7.61. The Balaban J connectivity index is 2.01. The van der Waals surface area contributed by atoms with Crippen molar-refractivity contribution in [3.63, 3.8) is 0 Å². The summed E-state index contributed by atoms with van der Waals surface area (Å²) < 4.78 is 2.18. The lowest BCUT2D eigenvalue weighted by Crippen LogP contribution is -2.34. The molecule has 2 heterocycles. The molecule has 1 aromatic heterocycles. The SMILES string of the molecule is CCCn1ccnc1CC1(O)CCCN(CC)CC1. The number of aliphatic hydroxyl groups is 1. The lowest BCUT2D eigenvalue weighted by molar-refractivity contribution is 0.0232. The van der Waals surface area contributed by atoms with Gasteiger partial charge in [-0.15, -0.1) is 0 Å². The Labute approximate surface area is 116 Å². The first-order valence-corrected chi connectivity index (χ1v) is 7.61. The maximum Gasteiger partial charge on any atom is 0.111 e. The van der Waals surface area contributed by atoms with Gasteiger partial charge in [0.1, 0.15) is 5.82 Å². The Morgan fingerprint density at radius 1 is 1.32 bits per heavy atom. The number of nitrogens with zero attached hydrogens (tertiary/aromatic N) is 3. The van der Waals surface area contributed by atoms with Gasteiger partial charge in [0.15, 0.2) is 0 Å². The monoisotopic (exact) mass is 265 g/mol. The summed E-state index contributed by atoms with van der Waals surface area (Å²) >= 11 is 0. The maximum atomic E-state index is 10.8. The van der Waals surface area contributed by atoms with Crippen LogP contribution >= 0.6 is 0 Å². The smallest absolute Gasteiger partial charge is 0.111 e. The molecule has 1 N–H and O–H groups in total. The van der Waals surface area contributed by atoms with E-state index in [1.54, 1.807) is 0 Å². The molecule has 1 fully saturated rings. The van der Waals surface area contributed by atoms with Crippen LogP contribution in [0, 0.1) is 0 Å². The van der Waals surface area contributed by atoms with Crippen molar-refractivity contribution >= 4 is 0 Å². The van der Waals surface area contributed by atoms with Gasteiger partial charge in [-0.2, -0.15) is 0 Å². The summed E-state index contributed by atoms with van der Waals surface area (Å²) in [6.45, 7) is 8.55. The normalized spacial score (nSPS) is 25.4. The van der Waals surface area contributed by atoms with E-state index in [2.05, 4.69) is 28.3 Å². The van der Waals surface area contributed by atoms with Crippen LogP contribution in [0.25, 0.3) is 0 Å². The van der Waals surface area contributed by atoms with Gasteiger partial charge in [-0.05, 0) is 38.8 Å². The number of hydrogen-bond acceptors (Lipinski definition) is 3. The highest BCUT2D eigenvalue weighted by atomic mass is 16.3. The fraction of sp³-hybridized carbons (Fsp3) is 0.800. The zero-order chi connectivity index (χ0) is 13.7. The minimum Gasteiger partial charge on any atom is -0.389 e. The highest BCUT2D eigenvalue weighted by molar-refractivity contribution is 5.00. The van der Waals surface area contributed by atoms with Crippen molar-refractivity contribution in [1.82, 2.24) is 14.5 Å². The molecule has 1 unspecified atom stereocenters. The quantitative estimate of drug-likeness (QED) is 0.886. The lowest BCUT2D eigenvalue weighted by atomic mass is 9.91. The average molecular weight is 265 g/mol. The van der Waals surface area contributed by atoms with E-state index in [9.17, 15) is 5.11 Å². The summed E-state index contributed by atoms with van der Waals surface area (Å²) in [5.74, 6) is 1.04. The van der Waals surface area contributed by atoms with Crippen LogP contribution in [-0.4, -0.2) is 44.8 Å². The van der Waals surface area contributed by atoms with Gasteiger partial charge < -0.3 is 14.6 Å². The molecule has 2 rings (SSSR count). The van der Waals surface area contributed by atoms with E-state index in [1.165, 1.54) is 0 Å². The Hall–Kier alpha value is -0.870. The number of hydrogen-bond donors (Lipinski definition) is 1. The molecule has 0 amide bonds. The summed E-state index contributed by atoms with van der Waals surface area (Å²) in [6.07, 6.45) is 8.50. The van der Waals surface area contributed by atoms with Crippen LogP contribution in [0.1, 0.15) is 45.4 Å². The molecule has 1 aliphatic heterocycles. The van der Waals surface area contributed by atoms with Crippen molar-refractivity contribution in [2.75, 3.05) is 19.6 Å².